The molecular formula is C28H24N4O3. The van der Waals surface area contributed by atoms with E-state index in [9.17, 15) is 10.1 Å². The number of carbonyl (C=O) groups is 1. The molecule has 0 spiro atoms. The summed E-state index contributed by atoms with van der Waals surface area (Å²) in [5.74, 6) is 0.468. The maximum Gasteiger partial charge on any atom is 0.266 e. The smallest absolute Gasteiger partial charge is 0.266 e. The second-order valence-electron chi connectivity index (χ2n) is 7.67. The Morgan fingerprint density at radius 1 is 1.03 bits per heavy atom. The minimum Gasteiger partial charge on any atom is -0.497 e. The molecule has 1 aromatic heterocycles. The fraction of sp³-hybridized carbons (Fsp3) is 0.107. The third-order valence-corrected chi connectivity index (χ3v) is 5.35. The van der Waals surface area contributed by atoms with Crippen molar-refractivity contribution >= 4 is 17.7 Å². The van der Waals surface area contributed by atoms with Gasteiger partial charge in [0.25, 0.3) is 5.91 Å². The van der Waals surface area contributed by atoms with Gasteiger partial charge in [0, 0.05) is 23.4 Å². The van der Waals surface area contributed by atoms with E-state index in [0.29, 0.717) is 35.0 Å². The summed E-state index contributed by atoms with van der Waals surface area (Å²) in [7, 11) is 3.05. The molecule has 7 nitrogen and oxygen atoms in total. The summed E-state index contributed by atoms with van der Waals surface area (Å²) in [6.07, 6.45) is 3.40. The van der Waals surface area contributed by atoms with Crippen molar-refractivity contribution in [2.75, 3.05) is 19.5 Å². The number of benzene rings is 3. The second kappa shape index (κ2) is 10.9. The highest BCUT2D eigenvalue weighted by molar-refractivity contribution is 6.10. The van der Waals surface area contributed by atoms with Gasteiger partial charge in [-0.05, 0) is 23.8 Å². The van der Waals surface area contributed by atoms with Crippen LogP contribution in [0.4, 0.5) is 5.69 Å². The van der Waals surface area contributed by atoms with Gasteiger partial charge in [-0.25, -0.2) is 0 Å². The van der Waals surface area contributed by atoms with E-state index in [-0.39, 0.29) is 5.57 Å². The molecule has 0 fully saturated rings. The minimum atomic E-state index is -0.550. The predicted molar refractivity (Wildman–Crippen MR) is 135 cm³/mol. The molecular weight excluding hydrogens is 440 g/mol. The van der Waals surface area contributed by atoms with E-state index in [1.54, 1.807) is 31.4 Å². The molecule has 3 aromatic carbocycles. The summed E-state index contributed by atoms with van der Waals surface area (Å²) in [5, 5.41) is 17.3. The van der Waals surface area contributed by atoms with Crippen LogP contribution in [0.3, 0.4) is 0 Å². The Kier molecular flexibility index (Phi) is 7.24. The zero-order chi connectivity index (χ0) is 24.6. The highest BCUT2D eigenvalue weighted by atomic mass is 16.5. The lowest BCUT2D eigenvalue weighted by molar-refractivity contribution is -0.112. The van der Waals surface area contributed by atoms with Crippen LogP contribution in [0, 0.1) is 11.3 Å². The summed E-state index contributed by atoms with van der Waals surface area (Å²) >= 11 is 0. The van der Waals surface area contributed by atoms with Crippen molar-refractivity contribution < 1.29 is 14.3 Å². The first-order valence-electron chi connectivity index (χ1n) is 10.9. The summed E-state index contributed by atoms with van der Waals surface area (Å²) in [6.45, 7) is 0.561. The van der Waals surface area contributed by atoms with Crippen LogP contribution >= 0.6 is 0 Å². The van der Waals surface area contributed by atoms with Gasteiger partial charge in [0.2, 0.25) is 0 Å². The normalized spacial score (nSPS) is 10.9. The lowest BCUT2D eigenvalue weighted by Crippen LogP contribution is -2.14. The van der Waals surface area contributed by atoms with Gasteiger partial charge in [-0.2, -0.15) is 10.4 Å². The Morgan fingerprint density at radius 2 is 1.74 bits per heavy atom. The van der Waals surface area contributed by atoms with Crippen LogP contribution < -0.4 is 14.8 Å². The number of nitriles is 1. The van der Waals surface area contributed by atoms with Crippen molar-refractivity contribution in [3.05, 3.63) is 102 Å². The predicted octanol–water partition coefficient (Wildman–Crippen LogP) is 5.16. The molecule has 0 aliphatic rings. The molecule has 4 aromatic rings. The molecule has 0 saturated heterocycles. The van der Waals surface area contributed by atoms with E-state index in [1.165, 1.54) is 7.11 Å². The molecule has 1 amide bonds. The maximum absolute atomic E-state index is 13.0. The van der Waals surface area contributed by atoms with Gasteiger partial charge >= 0.3 is 0 Å². The number of amides is 1. The highest BCUT2D eigenvalue weighted by Crippen LogP contribution is 2.30. The number of methoxy groups -OCH3 is 2. The second-order valence-corrected chi connectivity index (χ2v) is 7.67. The van der Waals surface area contributed by atoms with Crippen LogP contribution in [0.5, 0.6) is 11.5 Å². The van der Waals surface area contributed by atoms with E-state index in [2.05, 4.69) is 5.32 Å². The standard InChI is InChI=1S/C28H24N4O3/c1-34-24-13-14-25(26(16-24)35-2)30-28(33)22(17-29)15-23-19-32(18-20-9-5-3-6-10-20)31-27(23)21-11-7-4-8-12-21/h3-16,19H,18H2,1-2H3,(H,30,33)/b22-15+. The molecule has 0 aliphatic carbocycles. The van der Waals surface area contributed by atoms with Crippen LogP contribution in [0.25, 0.3) is 17.3 Å². The lowest BCUT2D eigenvalue weighted by atomic mass is 10.1. The summed E-state index contributed by atoms with van der Waals surface area (Å²) in [6, 6.07) is 26.7. The molecule has 1 heterocycles. The number of nitrogens with zero attached hydrogens (tertiary/aromatic N) is 3. The molecule has 7 heteroatoms. The topological polar surface area (TPSA) is 89.2 Å². The number of ether oxygens (including phenoxy) is 2. The van der Waals surface area contributed by atoms with E-state index < -0.39 is 5.91 Å². The maximum atomic E-state index is 13.0. The monoisotopic (exact) mass is 464 g/mol. The largest absolute Gasteiger partial charge is 0.497 e. The minimum absolute atomic E-state index is 0.0562. The molecule has 0 bridgehead atoms. The van der Waals surface area contributed by atoms with Crippen LogP contribution in [0.1, 0.15) is 11.1 Å². The van der Waals surface area contributed by atoms with E-state index in [1.807, 2.05) is 77.6 Å². The van der Waals surface area contributed by atoms with Crippen LogP contribution in [-0.2, 0) is 11.3 Å². The average Bonchev–Trinajstić information content (AvgIpc) is 3.30. The Balaban J connectivity index is 1.68. The summed E-state index contributed by atoms with van der Waals surface area (Å²) in [5.41, 5.74) is 3.71. The van der Waals surface area contributed by atoms with Gasteiger partial charge in [-0.1, -0.05) is 60.7 Å². The average molecular weight is 465 g/mol. The molecule has 0 atom stereocenters. The van der Waals surface area contributed by atoms with Gasteiger partial charge in [-0.3, -0.25) is 9.48 Å². The number of carbonyl (C=O) groups excluding carboxylic acids is 1. The van der Waals surface area contributed by atoms with Crippen molar-refractivity contribution in [2.24, 2.45) is 0 Å². The van der Waals surface area contributed by atoms with Gasteiger partial charge in [-0.15, -0.1) is 0 Å². The highest BCUT2D eigenvalue weighted by Gasteiger charge is 2.16. The van der Waals surface area contributed by atoms with E-state index in [0.717, 1.165) is 11.1 Å². The number of nitrogens with one attached hydrogen (secondary N) is 1. The first-order chi connectivity index (χ1) is 17.1. The van der Waals surface area contributed by atoms with E-state index in [4.69, 9.17) is 14.6 Å². The summed E-state index contributed by atoms with van der Waals surface area (Å²) in [4.78, 5) is 13.0. The zero-order valence-corrected chi connectivity index (χ0v) is 19.4. The molecule has 0 radical (unpaired) electrons. The Morgan fingerprint density at radius 3 is 2.40 bits per heavy atom. The molecule has 174 valence electrons. The van der Waals surface area contributed by atoms with Crippen LogP contribution in [0.15, 0.2) is 90.6 Å². The van der Waals surface area contributed by atoms with Crippen molar-refractivity contribution in [1.29, 1.82) is 5.26 Å². The third kappa shape index (κ3) is 5.57. The third-order valence-electron chi connectivity index (χ3n) is 5.35. The van der Waals surface area contributed by atoms with Crippen molar-refractivity contribution in [3.63, 3.8) is 0 Å². The van der Waals surface area contributed by atoms with Gasteiger partial charge in [0.15, 0.2) is 0 Å². The molecule has 1 N–H and O–H groups in total. The zero-order valence-electron chi connectivity index (χ0n) is 19.4. The number of rotatable bonds is 8. The van der Waals surface area contributed by atoms with Gasteiger partial charge in [0.1, 0.15) is 23.1 Å². The lowest BCUT2D eigenvalue weighted by Gasteiger charge is -2.11. The molecule has 0 aliphatic heterocycles. The van der Waals surface area contributed by atoms with Crippen molar-refractivity contribution in [3.8, 4) is 28.8 Å². The van der Waals surface area contributed by atoms with E-state index >= 15 is 0 Å². The Hall–Kier alpha value is -4.83. The molecule has 35 heavy (non-hydrogen) atoms. The fourth-order valence-electron chi connectivity index (χ4n) is 3.61. The molecule has 4 rings (SSSR count). The van der Waals surface area contributed by atoms with Crippen molar-refractivity contribution in [2.45, 2.75) is 6.54 Å². The number of aromatic nitrogens is 2. The Bertz CT molecular complexity index is 1390. The Labute approximate surface area is 203 Å². The number of hydrogen-bond donors (Lipinski definition) is 1. The van der Waals surface area contributed by atoms with Crippen LogP contribution in [0.2, 0.25) is 0 Å². The van der Waals surface area contributed by atoms with Gasteiger partial charge < -0.3 is 14.8 Å². The number of anilines is 1. The van der Waals surface area contributed by atoms with Crippen LogP contribution in [-0.4, -0.2) is 29.9 Å². The molecule has 0 saturated carbocycles. The quantitative estimate of drug-likeness (QED) is 0.287. The molecule has 0 unspecified atom stereocenters. The SMILES string of the molecule is COc1ccc(NC(=O)/C(C#N)=C/c2cn(Cc3ccccc3)nc2-c2ccccc2)c(OC)c1. The number of hydrogen-bond acceptors (Lipinski definition) is 5. The first-order valence-corrected chi connectivity index (χ1v) is 10.9. The van der Waals surface area contributed by atoms with Gasteiger partial charge in [0.05, 0.1) is 32.1 Å². The fourth-order valence-corrected chi connectivity index (χ4v) is 3.61. The summed E-state index contributed by atoms with van der Waals surface area (Å²) < 4.78 is 12.4. The first kappa shape index (κ1) is 23.3. The van der Waals surface area contributed by atoms with Crippen molar-refractivity contribution in [1.82, 2.24) is 9.78 Å².